The van der Waals surface area contributed by atoms with E-state index < -0.39 is 18.2 Å². The summed E-state index contributed by atoms with van der Waals surface area (Å²) >= 11 is 0. The number of nitrogens with zero attached hydrogens (tertiary/aromatic N) is 1. The minimum absolute atomic E-state index is 0.00450. The number of methoxy groups -OCH3 is 1. The van der Waals surface area contributed by atoms with Crippen molar-refractivity contribution in [2.24, 2.45) is 5.41 Å². The van der Waals surface area contributed by atoms with Crippen LogP contribution in [0.2, 0.25) is 0 Å². The highest BCUT2D eigenvalue weighted by Gasteiger charge is 2.46. The Hall–Kier alpha value is -2.92. The van der Waals surface area contributed by atoms with E-state index >= 15 is 0 Å². The summed E-state index contributed by atoms with van der Waals surface area (Å²) in [6.45, 7) is 8.64. The average molecular weight is 534 g/mol. The Labute approximate surface area is 233 Å². The van der Waals surface area contributed by atoms with Crippen LogP contribution in [0.25, 0.3) is 0 Å². The standard InChI is InChI=1S/C32H43N3O4/c1-7-22-10-8-11-23(14-22)16-26(35-29(37)21(2)38-6)28(36)20-33-27-18-32(12-9-13-32)39-30-25(27)15-24(19-34-30)17-31(3,4)5/h1,8,10-11,14-15,19,21,26-28,33,36H,9,12-13,16-18,20H2,2-6H3,(H,35,37)/t21-,26+,27+,28+/m1/s1. The highest BCUT2D eigenvalue weighted by atomic mass is 16.5. The second kappa shape index (κ2) is 12.1. The number of rotatable bonds is 10. The van der Waals surface area contributed by atoms with Crippen molar-refractivity contribution >= 4 is 5.91 Å². The van der Waals surface area contributed by atoms with Gasteiger partial charge in [0.15, 0.2) is 0 Å². The second-order valence-corrected chi connectivity index (χ2v) is 12.4. The summed E-state index contributed by atoms with van der Waals surface area (Å²) in [7, 11) is 1.49. The average Bonchev–Trinajstić information content (AvgIpc) is 2.88. The van der Waals surface area contributed by atoms with E-state index in [0.29, 0.717) is 18.8 Å². The molecular weight excluding hydrogens is 490 g/mol. The fourth-order valence-electron chi connectivity index (χ4n) is 5.48. The lowest BCUT2D eigenvalue weighted by molar-refractivity contribution is -0.131. The molecule has 1 aromatic heterocycles. The first-order valence-corrected chi connectivity index (χ1v) is 14.0. The number of hydrogen-bond donors (Lipinski definition) is 3. The van der Waals surface area contributed by atoms with Gasteiger partial charge in [-0.05, 0) is 73.8 Å². The highest BCUT2D eigenvalue weighted by Crippen LogP contribution is 2.48. The fraction of sp³-hybridized carbons (Fsp3) is 0.562. The predicted octanol–water partition coefficient (Wildman–Crippen LogP) is 4.11. The first-order valence-electron chi connectivity index (χ1n) is 14.0. The van der Waals surface area contributed by atoms with Crippen molar-refractivity contribution in [1.82, 2.24) is 15.6 Å². The van der Waals surface area contributed by atoms with Gasteiger partial charge in [0.1, 0.15) is 11.7 Å². The Bertz CT molecular complexity index is 1190. The van der Waals surface area contributed by atoms with Crippen LogP contribution in [0.1, 0.15) is 81.7 Å². The number of pyridine rings is 1. The maximum absolute atomic E-state index is 12.7. The molecule has 4 rings (SSSR count). The Morgan fingerprint density at radius 1 is 1.31 bits per heavy atom. The molecule has 0 saturated heterocycles. The van der Waals surface area contributed by atoms with Crippen molar-refractivity contribution in [3.05, 3.63) is 58.8 Å². The summed E-state index contributed by atoms with van der Waals surface area (Å²) in [4.78, 5) is 17.5. The number of fused-ring (bicyclic) bond motifs is 1. The van der Waals surface area contributed by atoms with Gasteiger partial charge in [-0.15, -0.1) is 6.42 Å². The van der Waals surface area contributed by atoms with Crippen molar-refractivity contribution in [3.8, 4) is 18.2 Å². The van der Waals surface area contributed by atoms with E-state index in [2.05, 4.69) is 43.4 Å². The minimum Gasteiger partial charge on any atom is -0.471 e. The Balaban J connectivity index is 1.53. The summed E-state index contributed by atoms with van der Waals surface area (Å²) in [6.07, 6.45) is 11.4. The van der Waals surface area contributed by atoms with Crippen molar-refractivity contribution in [3.63, 3.8) is 0 Å². The quantitative estimate of drug-likeness (QED) is 0.398. The monoisotopic (exact) mass is 533 g/mol. The maximum Gasteiger partial charge on any atom is 0.249 e. The molecule has 1 aliphatic carbocycles. The third kappa shape index (κ3) is 7.39. The van der Waals surface area contributed by atoms with E-state index in [9.17, 15) is 9.90 Å². The number of aliphatic hydroxyl groups excluding tert-OH is 1. The zero-order valence-electron chi connectivity index (χ0n) is 23.9. The number of aromatic nitrogens is 1. The molecule has 1 saturated carbocycles. The molecular formula is C32H43N3O4. The summed E-state index contributed by atoms with van der Waals surface area (Å²) in [5, 5.41) is 18.0. The Morgan fingerprint density at radius 2 is 2.08 bits per heavy atom. The van der Waals surface area contributed by atoms with Crippen LogP contribution in [0.15, 0.2) is 36.5 Å². The number of aliphatic hydroxyl groups is 1. The molecule has 1 amide bonds. The molecule has 2 aliphatic rings. The van der Waals surface area contributed by atoms with Gasteiger partial charge < -0.3 is 25.2 Å². The van der Waals surface area contributed by atoms with Gasteiger partial charge in [0, 0.05) is 43.4 Å². The molecule has 1 aliphatic heterocycles. The van der Waals surface area contributed by atoms with E-state index in [4.69, 9.17) is 20.9 Å². The first kappa shape index (κ1) is 29.1. The Morgan fingerprint density at radius 3 is 2.72 bits per heavy atom. The van der Waals surface area contributed by atoms with E-state index in [0.717, 1.165) is 48.8 Å². The molecule has 2 aromatic rings. The zero-order valence-corrected chi connectivity index (χ0v) is 23.9. The summed E-state index contributed by atoms with van der Waals surface area (Å²) < 4.78 is 11.6. The number of terminal acetylenes is 1. The van der Waals surface area contributed by atoms with Crippen LogP contribution in [0.4, 0.5) is 0 Å². The van der Waals surface area contributed by atoms with Crippen molar-refractivity contribution in [1.29, 1.82) is 0 Å². The molecule has 0 bridgehead atoms. The van der Waals surface area contributed by atoms with Gasteiger partial charge in [-0.2, -0.15) is 0 Å². The number of nitrogens with one attached hydrogen (secondary N) is 2. The molecule has 39 heavy (non-hydrogen) atoms. The predicted molar refractivity (Wildman–Crippen MR) is 152 cm³/mol. The number of benzene rings is 1. The van der Waals surface area contributed by atoms with Gasteiger partial charge in [0.2, 0.25) is 11.8 Å². The third-order valence-electron chi connectivity index (χ3n) is 7.84. The van der Waals surface area contributed by atoms with Gasteiger partial charge in [0.05, 0.1) is 12.1 Å². The van der Waals surface area contributed by atoms with Crippen LogP contribution in [0.5, 0.6) is 5.88 Å². The van der Waals surface area contributed by atoms with Crippen LogP contribution in [0.3, 0.4) is 0 Å². The SMILES string of the molecule is C#Cc1cccc(C[C@H](NC(=O)[C@@H](C)OC)[C@@H](O)CN[C@H]2CC3(CCC3)Oc3ncc(CC(C)(C)C)cc32)c1. The van der Waals surface area contributed by atoms with Crippen molar-refractivity contribution in [2.45, 2.75) is 96.1 Å². The topological polar surface area (TPSA) is 92.7 Å². The molecule has 7 nitrogen and oxygen atoms in total. The Kier molecular flexibility index (Phi) is 9.00. The molecule has 7 heteroatoms. The van der Waals surface area contributed by atoms with Crippen LogP contribution in [0, 0.1) is 17.8 Å². The maximum atomic E-state index is 12.7. The lowest BCUT2D eigenvalue weighted by atomic mass is 9.73. The number of ether oxygens (including phenoxy) is 2. The van der Waals surface area contributed by atoms with E-state index in [1.54, 1.807) is 6.92 Å². The number of carbonyl (C=O) groups excluding carboxylic acids is 1. The van der Waals surface area contributed by atoms with E-state index in [1.807, 2.05) is 30.5 Å². The summed E-state index contributed by atoms with van der Waals surface area (Å²) in [5.74, 6) is 3.07. The molecule has 1 fully saturated rings. The van der Waals surface area contributed by atoms with Crippen LogP contribution >= 0.6 is 0 Å². The second-order valence-electron chi connectivity index (χ2n) is 12.4. The molecule has 2 heterocycles. The molecule has 0 unspecified atom stereocenters. The molecule has 1 aromatic carbocycles. The molecule has 1 spiro atoms. The molecule has 210 valence electrons. The fourth-order valence-corrected chi connectivity index (χ4v) is 5.48. The molecule has 4 atom stereocenters. The smallest absolute Gasteiger partial charge is 0.249 e. The number of amides is 1. The van der Waals surface area contributed by atoms with Gasteiger partial charge in [-0.25, -0.2) is 4.98 Å². The first-order chi connectivity index (χ1) is 18.5. The third-order valence-corrected chi connectivity index (χ3v) is 7.84. The van der Waals surface area contributed by atoms with Gasteiger partial charge in [0.25, 0.3) is 0 Å². The van der Waals surface area contributed by atoms with Crippen LogP contribution in [-0.4, -0.2) is 53.5 Å². The van der Waals surface area contributed by atoms with Crippen LogP contribution in [-0.2, 0) is 22.4 Å². The normalized spacial score (nSPS) is 20.1. The largest absolute Gasteiger partial charge is 0.471 e. The highest BCUT2D eigenvalue weighted by molar-refractivity contribution is 5.80. The minimum atomic E-state index is -0.846. The molecule has 3 N–H and O–H groups in total. The zero-order chi connectivity index (χ0) is 28.2. The van der Waals surface area contributed by atoms with E-state index in [-0.39, 0.29) is 23.0 Å². The van der Waals surface area contributed by atoms with Gasteiger partial charge >= 0.3 is 0 Å². The lowest BCUT2D eigenvalue weighted by Crippen LogP contribution is -2.53. The number of hydrogen-bond acceptors (Lipinski definition) is 6. The van der Waals surface area contributed by atoms with Gasteiger partial charge in [-0.1, -0.05) is 38.8 Å². The van der Waals surface area contributed by atoms with Crippen molar-refractivity contribution in [2.75, 3.05) is 13.7 Å². The number of carbonyl (C=O) groups is 1. The lowest BCUT2D eigenvalue weighted by Gasteiger charge is -2.47. The van der Waals surface area contributed by atoms with Crippen LogP contribution < -0.4 is 15.4 Å². The molecule has 0 radical (unpaired) electrons. The summed E-state index contributed by atoms with van der Waals surface area (Å²) in [5.41, 5.74) is 3.87. The van der Waals surface area contributed by atoms with Crippen molar-refractivity contribution < 1.29 is 19.4 Å². The summed E-state index contributed by atoms with van der Waals surface area (Å²) in [6, 6.07) is 9.30. The van der Waals surface area contributed by atoms with E-state index in [1.165, 1.54) is 12.7 Å². The van der Waals surface area contributed by atoms with Gasteiger partial charge in [-0.3, -0.25) is 4.79 Å².